The highest BCUT2D eigenvalue weighted by atomic mass is 79.9. The van der Waals surface area contributed by atoms with E-state index in [1.165, 1.54) is 0 Å². The number of benzene rings is 2. The van der Waals surface area contributed by atoms with Crippen LogP contribution in [0, 0.1) is 11.3 Å². The van der Waals surface area contributed by atoms with Crippen molar-refractivity contribution in [2.45, 2.75) is 13.3 Å². The number of para-hydroxylation sites is 1. The molecule has 28 heavy (non-hydrogen) atoms. The fourth-order valence-corrected chi connectivity index (χ4v) is 3.82. The third-order valence-electron chi connectivity index (χ3n) is 4.48. The number of nitrogens with two attached hydrogens (primary N) is 1. The Bertz CT molecular complexity index is 1210. The Morgan fingerprint density at radius 1 is 1.25 bits per heavy atom. The van der Waals surface area contributed by atoms with Gasteiger partial charge in [-0.05, 0) is 45.8 Å². The summed E-state index contributed by atoms with van der Waals surface area (Å²) in [5, 5.41) is 10.3. The molecule has 0 saturated carbocycles. The Balaban J connectivity index is 0.00000225. The zero-order chi connectivity index (χ0) is 19.1. The monoisotopic (exact) mass is 440 g/mol. The first-order valence-electron chi connectivity index (χ1n) is 8.02. The van der Waals surface area contributed by atoms with Gasteiger partial charge in [-0.15, -0.1) is 0 Å². The maximum atomic E-state index is 12.8. The highest BCUT2D eigenvalue weighted by Crippen LogP contribution is 2.44. The molecule has 3 aromatic rings. The maximum absolute atomic E-state index is 12.8. The van der Waals surface area contributed by atoms with E-state index >= 15 is 0 Å². The summed E-state index contributed by atoms with van der Waals surface area (Å²) in [6, 6.07) is 14.4. The number of halogens is 1. The van der Waals surface area contributed by atoms with Crippen LogP contribution in [0.2, 0.25) is 0 Å². The summed E-state index contributed by atoms with van der Waals surface area (Å²) in [6.07, 6.45) is 0. The summed E-state index contributed by atoms with van der Waals surface area (Å²) >= 11 is 3.44. The summed E-state index contributed by atoms with van der Waals surface area (Å²) in [7, 11) is 1.56. The van der Waals surface area contributed by atoms with Crippen LogP contribution < -0.4 is 20.8 Å². The highest BCUT2D eigenvalue weighted by Gasteiger charge is 2.35. The molecule has 1 atom stereocenters. The van der Waals surface area contributed by atoms with Crippen molar-refractivity contribution in [3.8, 4) is 17.6 Å². The van der Waals surface area contributed by atoms with E-state index in [0.29, 0.717) is 32.5 Å². The van der Waals surface area contributed by atoms with Gasteiger partial charge in [0.15, 0.2) is 5.75 Å². The van der Waals surface area contributed by atoms with E-state index in [-0.39, 0.29) is 24.4 Å². The third kappa shape index (κ3) is 2.92. The number of nitrogens with zero attached hydrogens (tertiary/aromatic N) is 1. The topological polar surface area (TPSA) is 98.5 Å². The van der Waals surface area contributed by atoms with Crippen LogP contribution in [0.1, 0.15) is 24.5 Å². The Kier molecular flexibility index (Phi) is 5.16. The van der Waals surface area contributed by atoms with E-state index < -0.39 is 11.5 Å². The minimum atomic E-state index is -0.707. The lowest BCUT2D eigenvalue weighted by molar-refractivity contribution is 0.388. The predicted octanol–water partition coefficient (Wildman–Crippen LogP) is 4.42. The number of hydrogen-bond acceptors (Lipinski definition) is 6. The van der Waals surface area contributed by atoms with Crippen molar-refractivity contribution < 1.29 is 13.9 Å². The standard InChI is InChI=1S/C20H13BrN2O4.CH4/c1-25-15-7-6-10(8-13(15)21)16-12(9-22)19(23)27-18-11-4-2-3-5-14(11)26-20(24)17(16)18;/h2-8,16H,23H2,1H3;1H4. The average Bonchev–Trinajstić information content (AvgIpc) is 2.67. The quantitative estimate of drug-likeness (QED) is 0.592. The Hall–Kier alpha value is -3.24. The molecular formula is C21H17BrN2O4. The molecule has 1 unspecified atom stereocenters. The molecule has 0 spiro atoms. The van der Waals surface area contributed by atoms with Gasteiger partial charge in [0.1, 0.15) is 23.0 Å². The second kappa shape index (κ2) is 7.41. The maximum Gasteiger partial charge on any atom is 0.344 e. The van der Waals surface area contributed by atoms with Crippen LogP contribution in [0.4, 0.5) is 0 Å². The van der Waals surface area contributed by atoms with E-state index in [4.69, 9.17) is 19.6 Å². The fourth-order valence-electron chi connectivity index (χ4n) is 3.26. The van der Waals surface area contributed by atoms with Gasteiger partial charge in [0.2, 0.25) is 5.88 Å². The minimum absolute atomic E-state index is 0. The van der Waals surface area contributed by atoms with Crippen LogP contribution in [-0.4, -0.2) is 7.11 Å². The van der Waals surface area contributed by atoms with Gasteiger partial charge < -0.3 is 19.6 Å². The lowest BCUT2D eigenvalue weighted by atomic mass is 9.84. The predicted molar refractivity (Wildman–Crippen MR) is 109 cm³/mol. The molecule has 0 fully saturated rings. The van der Waals surface area contributed by atoms with Crippen LogP contribution in [0.5, 0.6) is 11.5 Å². The van der Waals surface area contributed by atoms with Gasteiger partial charge in [-0.25, -0.2) is 4.79 Å². The van der Waals surface area contributed by atoms with Gasteiger partial charge in [-0.3, -0.25) is 0 Å². The number of fused-ring (bicyclic) bond motifs is 3. The van der Waals surface area contributed by atoms with Crippen molar-refractivity contribution in [3.05, 3.63) is 79.9 Å². The SMILES string of the molecule is C.COc1ccc(C2C(C#N)=C(N)Oc3c2c(=O)oc2ccccc32)cc1Br. The molecule has 0 saturated heterocycles. The van der Waals surface area contributed by atoms with Crippen LogP contribution in [0.15, 0.2) is 67.6 Å². The van der Waals surface area contributed by atoms with Gasteiger partial charge >= 0.3 is 5.63 Å². The lowest BCUT2D eigenvalue weighted by Gasteiger charge is -2.26. The molecule has 2 heterocycles. The highest BCUT2D eigenvalue weighted by molar-refractivity contribution is 9.10. The number of methoxy groups -OCH3 is 1. The van der Waals surface area contributed by atoms with E-state index in [2.05, 4.69) is 22.0 Å². The van der Waals surface area contributed by atoms with E-state index in [0.717, 1.165) is 0 Å². The molecule has 0 radical (unpaired) electrons. The molecule has 7 heteroatoms. The molecule has 1 aromatic heterocycles. The normalized spacial score (nSPS) is 15.2. The summed E-state index contributed by atoms with van der Waals surface area (Å²) in [6.45, 7) is 0. The summed E-state index contributed by atoms with van der Waals surface area (Å²) < 4.78 is 17.1. The lowest BCUT2D eigenvalue weighted by Crippen LogP contribution is -2.26. The first-order chi connectivity index (χ1) is 13.0. The Labute approximate surface area is 169 Å². The number of rotatable bonds is 2. The first kappa shape index (κ1) is 19.5. The molecule has 2 N–H and O–H groups in total. The molecule has 0 aliphatic carbocycles. The Morgan fingerprint density at radius 3 is 2.68 bits per heavy atom. The summed E-state index contributed by atoms with van der Waals surface area (Å²) in [5.74, 6) is 0.210. The second-order valence-electron chi connectivity index (χ2n) is 5.95. The summed E-state index contributed by atoms with van der Waals surface area (Å²) in [4.78, 5) is 12.8. The van der Waals surface area contributed by atoms with E-state index in [1.54, 1.807) is 43.5 Å². The molecule has 6 nitrogen and oxygen atoms in total. The fraction of sp³-hybridized carbons (Fsp3) is 0.143. The van der Waals surface area contributed by atoms with Crippen LogP contribution in [0.25, 0.3) is 11.0 Å². The average molecular weight is 441 g/mol. The van der Waals surface area contributed by atoms with Crippen molar-refractivity contribution in [1.29, 1.82) is 5.26 Å². The van der Waals surface area contributed by atoms with Crippen molar-refractivity contribution in [2.75, 3.05) is 7.11 Å². The first-order valence-corrected chi connectivity index (χ1v) is 8.81. The number of allylic oxidation sites excluding steroid dienone is 1. The van der Waals surface area contributed by atoms with Gasteiger partial charge in [0.05, 0.1) is 28.5 Å². The van der Waals surface area contributed by atoms with Gasteiger partial charge in [-0.2, -0.15) is 5.26 Å². The third-order valence-corrected chi connectivity index (χ3v) is 5.10. The molecule has 2 aromatic carbocycles. The van der Waals surface area contributed by atoms with Gasteiger partial charge in [0.25, 0.3) is 0 Å². The van der Waals surface area contributed by atoms with Gasteiger partial charge in [-0.1, -0.05) is 25.6 Å². The largest absolute Gasteiger partial charge is 0.496 e. The number of nitriles is 1. The zero-order valence-corrected chi connectivity index (χ0v) is 15.7. The number of ether oxygens (including phenoxy) is 2. The van der Waals surface area contributed by atoms with Crippen molar-refractivity contribution >= 4 is 26.9 Å². The smallest absolute Gasteiger partial charge is 0.344 e. The molecule has 142 valence electrons. The minimum Gasteiger partial charge on any atom is -0.496 e. The van der Waals surface area contributed by atoms with Crippen molar-refractivity contribution in [3.63, 3.8) is 0 Å². The number of hydrogen-bond donors (Lipinski definition) is 1. The molecule has 0 bridgehead atoms. The second-order valence-corrected chi connectivity index (χ2v) is 6.80. The van der Waals surface area contributed by atoms with Crippen molar-refractivity contribution in [1.82, 2.24) is 0 Å². The molecule has 1 aliphatic rings. The zero-order valence-electron chi connectivity index (χ0n) is 14.2. The Morgan fingerprint density at radius 2 is 2.00 bits per heavy atom. The van der Waals surface area contributed by atoms with Gasteiger partial charge in [0, 0.05) is 0 Å². The van der Waals surface area contributed by atoms with Crippen molar-refractivity contribution in [2.24, 2.45) is 5.73 Å². The molecule has 0 amide bonds. The van der Waals surface area contributed by atoms with Crippen LogP contribution >= 0.6 is 15.9 Å². The van der Waals surface area contributed by atoms with Crippen LogP contribution in [0.3, 0.4) is 0 Å². The molecule has 4 rings (SSSR count). The molecular weight excluding hydrogens is 424 g/mol. The molecule has 1 aliphatic heterocycles. The van der Waals surface area contributed by atoms with Crippen LogP contribution in [-0.2, 0) is 0 Å². The summed E-state index contributed by atoms with van der Waals surface area (Å²) in [5.41, 5.74) is 6.95. The van der Waals surface area contributed by atoms with E-state index in [1.807, 2.05) is 6.07 Å². The van der Waals surface area contributed by atoms with E-state index in [9.17, 15) is 10.1 Å².